The lowest BCUT2D eigenvalue weighted by Crippen LogP contribution is -2.37. The lowest BCUT2D eigenvalue weighted by molar-refractivity contribution is -0.114. The Bertz CT molecular complexity index is 292. The van der Waals surface area contributed by atoms with E-state index in [4.69, 9.17) is 0 Å². The third-order valence-corrected chi connectivity index (χ3v) is 4.43. The minimum atomic E-state index is 0.116. The highest BCUT2D eigenvalue weighted by Gasteiger charge is 2.40. The molecule has 0 heterocycles. The highest BCUT2D eigenvalue weighted by molar-refractivity contribution is 5.53. The average molecular weight is 220 g/mol. The first kappa shape index (κ1) is 13.2. The van der Waals surface area contributed by atoms with Gasteiger partial charge in [0, 0.05) is 5.92 Å². The van der Waals surface area contributed by atoms with Gasteiger partial charge in [0.1, 0.15) is 6.29 Å². The second-order valence-electron chi connectivity index (χ2n) is 5.63. The number of allylic oxidation sites excluding steroid dienone is 2. The maximum atomic E-state index is 11.0. The predicted molar refractivity (Wildman–Crippen MR) is 69.2 cm³/mol. The van der Waals surface area contributed by atoms with Crippen LogP contribution in [0.4, 0.5) is 0 Å². The minimum Gasteiger partial charge on any atom is -0.303 e. The molecule has 1 saturated carbocycles. The molecule has 1 unspecified atom stereocenters. The van der Waals surface area contributed by atoms with Gasteiger partial charge in [-0.2, -0.15) is 0 Å². The van der Waals surface area contributed by atoms with Gasteiger partial charge in [0.25, 0.3) is 0 Å². The summed E-state index contributed by atoms with van der Waals surface area (Å²) in [6.07, 6.45) is 6.52. The van der Waals surface area contributed by atoms with Crippen molar-refractivity contribution in [3.8, 4) is 0 Å². The lowest BCUT2D eigenvalue weighted by Gasteiger charge is -2.44. The van der Waals surface area contributed by atoms with E-state index in [0.717, 1.165) is 19.1 Å². The van der Waals surface area contributed by atoms with E-state index < -0.39 is 0 Å². The Kier molecular flexibility index (Phi) is 4.12. The molecule has 90 valence electrons. The first-order chi connectivity index (χ1) is 7.44. The topological polar surface area (TPSA) is 17.1 Å². The van der Waals surface area contributed by atoms with Crippen LogP contribution in [0.3, 0.4) is 0 Å². The van der Waals surface area contributed by atoms with E-state index >= 15 is 0 Å². The maximum absolute atomic E-state index is 11.0. The fourth-order valence-corrected chi connectivity index (χ4v) is 2.98. The summed E-state index contributed by atoms with van der Waals surface area (Å²) in [5.74, 6) is 1.11. The van der Waals surface area contributed by atoms with E-state index in [1.807, 2.05) is 13.0 Å². The molecule has 0 aromatic rings. The van der Waals surface area contributed by atoms with Gasteiger partial charge in [0.15, 0.2) is 0 Å². The zero-order valence-corrected chi connectivity index (χ0v) is 10.8. The molecule has 0 N–H and O–H groups in total. The molecule has 1 aliphatic carbocycles. The van der Waals surface area contributed by atoms with Crippen LogP contribution >= 0.6 is 0 Å². The van der Waals surface area contributed by atoms with Gasteiger partial charge in [-0.1, -0.05) is 32.1 Å². The van der Waals surface area contributed by atoms with Gasteiger partial charge in [-0.05, 0) is 43.4 Å². The molecular weight excluding hydrogens is 196 g/mol. The molecule has 1 nitrogen and oxygen atoms in total. The van der Waals surface area contributed by atoms with Crippen LogP contribution < -0.4 is 0 Å². The highest BCUT2D eigenvalue weighted by atomic mass is 16.1. The summed E-state index contributed by atoms with van der Waals surface area (Å²) in [5, 5.41) is 0. The molecule has 1 heteroatoms. The molecule has 0 aromatic heterocycles. The molecule has 0 saturated heterocycles. The molecule has 1 rings (SSSR count). The standard InChI is InChI=1S/C15H24O/c1-6-15(5)8-7-13(11(2)3)9-14(15)12(4)10-16/h6,10,12-14H,1-2,7-9H2,3-5H3/t12?,13-,14+,15-/m1/s1. The summed E-state index contributed by atoms with van der Waals surface area (Å²) in [7, 11) is 0. The minimum absolute atomic E-state index is 0.116. The number of hydrogen-bond donors (Lipinski definition) is 0. The number of carbonyl (C=O) groups is 1. The van der Waals surface area contributed by atoms with Gasteiger partial charge in [0.05, 0.1) is 0 Å². The van der Waals surface area contributed by atoms with Crippen LogP contribution in [-0.4, -0.2) is 6.29 Å². The van der Waals surface area contributed by atoms with Crippen molar-refractivity contribution in [3.05, 3.63) is 24.8 Å². The zero-order valence-electron chi connectivity index (χ0n) is 10.8. The normalized spacial score (nSPS) is 36.4. The van der Waals surface area contributed by atoms with E-state index in [1.54, 1.807) is 0 Å². The first-order valence-corrected chi connectivity index (χ1v) is 6.19. The van der Waals surface area contributed by atoms with Crippen molar-refractivity contribution < 1.29 is 4.79 Å². The highest BCUT2D eigenvalue weighted by Crippen LogP contribution is 2.48. The Hall–Kier alpha value is -0.850. The van der Waals surface area contributed by atoms with Crippen molar-refractivity contribution in [2.45, 2.75) is 40.0 Å². The molecule has 0 aromatic carbocycles. The fraction of sp³-hybridized carbons (Fsp3) is 0.667. The van der Waals surface area contributed by atoms with Crippen LogP contribution in [0.2, 0.25) is 0 Å². The molecule has 0 spiro atoms. The summed E-state index contributed by atoms with van der Waals surface area (Å²) in [5.41, 5.74) is 1.38. The fourth-order valence-electron chi connectivity index (χ4n) is 2.98. The van der Waals surface area contributed by atoms with E-state index in [0.29, 0.717) is 11.8 Å². The quantitative estimate of drug-likeness (QED) is 0.517. The van der Waals surface area contributed by atoms with Crippen LogP contribution in [0, 0.1) is 23.2 Å². The van der Waals surface area contributed by atoms with Crippen LogP contribution in [-0.2, 0) is 4.79 Å². The maximum Gasteiger partial charge on any atom is 0.123 e. The van der Waals surface area contributed by atoms with Crippen molar-refractivity contribution in [1.82, 2.24) is 0 Å². The molecule has 0 amide bonds. The summed E-state index contributed by atoms with van der Waals surface area (Å²) < 4.78 is 0. The van der Waals surface area contributed by atoms with Gasteiger partial charge in [-0.3, -0.25) is 0 Å². The summed E-state index contributed by atoms with van der Waals surface area (Å²) in [6.45, 7) is 14.4. The van der Waals surface area contributed by atoms with Gasteiger partial charge in [-0.15, -0.1) is 6.58 Å². The van der Waals surface area contributed by atoms with E-state index in [-0.39, 0.29) is 11.3 Å². The number of carbonyl (C=O) groups excluding carboxylic acids is 1. The molecule has 0 aliphatic heterocycles. The Balaban J connectivity index is 2.89. The van der Waals surface area contributed by atoms with Crippen molar-refractivity contribution in [3.63, 3.8) is 0 Å². The van der Waals surface area contributed by atoms with Gasteiger partial charge in [-0.25, -0.2) is 0 Å². The zero-order chi connectivity index (χ0) is 12.3. The van der Waals surface area contributed by atoms with Crippen molar-refractivity contribution in [1.29, 1.82) is 0 Å². The van der Waals surface area contributed by atoms with Crippen LogP contribution in [0.15, 0.2) is 24.8 Å². The van der Waals surface area contributed by atoms with Gasteiger partial charge >= 0.3 is 0 Å². The summed E-state index contributed by atoms with van der Waals surface area (Å²) in [6, 6.07) is 0. The van der Waals surface area contributed by atoms with Crippen LogP contribution in [0.1, 0.15) is 40.0 Å². The second kappa shape index (κ2) is 4.99. The summed E-state index contributed by atoms with van der Waals surface area (Å²) >= 11 is 0. The Morgan fingerprint density at radius 2 is 2.19 bits per heavy atom. The average Bonchev–Trinajstić information content (AvgIpc) is 2.28. The van der Waals surface area contributed by atoms with E-state index in [9.17, 15) is 4.79 Å². The molecule has 1 aliphatic rings. The summed E-state index contributed by atoms with van der Waals surface area (Å²) in [4.78, 5) is 11.0. The molecule has 4 atom stereocenters. The van der Waals surface area contributed by atoms with Crippen molar-refractivity contribution in [2.75, 3.05) is 0 Å². The Morgan fingerprint density at radius 3 is 2.62 bits per heavy atom. The third-order valence-electron chi connectivity index (χ3n) is 4.43. The Labute approximate surface area is 99.6 Å². The van der Waals surface area contributed by atoms with Gasteiger partial charge in [0.2, 0.25) is 0 Å². The predicted octanol–water partition coefficient (Wildman–Crippen LogP) is 4.01. The largest absolute Gasteiger partial charge is 0.303 e. The van der Waals surface area contributed by atoms with E-state index in [1.165, 1.54) is 12.0 Å². The monoisotopic (exact) mass is 220 g/mol. The number of hydrogen-bond acceptors (Lipinski definition) is 1. The molecule has 16 heavy (non-hydrogen) atoms. The molecule has 0 radical (unpaired) electrons. The van der Waals surface area contributed by atoms with Crippen LogP contribution in [0.25, 0.3) is 0 Å². The van der Waals surface area contributed by atoms with Gasteiger partial charge < -0.3 is 4.79 Å². The first-order valence-electron chi connectivity index (χ1n) is 6.19. The Morgan fingerprint density at radius 1 is 1.56 bits per heavy atom. The van der Waals surface area contributed by atoms with Crippen molar-refractivity contribution >= 4 is 6.29 Å². The smallest absolute Gasteiger partial charge is 0.123 e. The number of aldehydes is 1. The molecule has 0 bridgehead atoms. The molecular formula is C15H24O. The van der Waals surface area contributed by atoms with Crippen LogP contribution in [0.5, 0.6) is 0 Å². The second-order valence-corrected chi connectivity index (χ2v) is 5.63. The van der Waals surface area contributed by atoms with Crippen molar-refractivity contribution in [2.24, 2.45) is 23.2 Å². The molecule has 1 fully saturated rings. The third kappa shape index (κ3) is 2.45. The van der Waals surface area contributed by atoms with E-state index in [2.05, 4.69) is 27.0 Å². The SMILES string of the molecule is C=C[C@]1(C)CC[C@@H](C(=C)C)C[C@H]1C(C)C=O. The lowest BCUT2D eigenvalue weighted by atomic mass is 9.60. The number of rotatable bonds is 4.